The predicted molar refractivity (Wildman–Crippen MR) is 59.2 cm³/mol. The molecule has 1 atom stereocenters. The van der Waals surface area contributed by atoms with Gasteiger partial charge in [-0.25, -0.2) is 0 Å². The van der Waals surface area contributed by atoms with Gasteiger partial charge in [-0.2, -0.15) is 5.10 Å². The molecule has 0 radical (unpaired) electrons. The highest BCUT2D eigenvalue weighted by atomic mass is 15.3. The van der Waals surface area contributed by atoms with Gasteiger partial charge in [0.25, 0.3) is 0 Å². The highest BCUT2D eigenvalue weighted by Crippen LogP contribution is 2.11. The molecule has 4 heteroatoms. The van der Waals surface area contributed by atoms with Crippen LogP contribution in [0.3, 0.4) is 0 Å². The first-order chi connectivity index (χ1) is 6.53. The number of aryl methyl sites for hydroxylation is 1. The van der Waals surface area contributed by atoms with E-state index in [1.807, 2.05) is 19.4 Å². The zero-order valence-electron chi connectivity index (χ0n) is 9.25. The van der Waals surface area contributed by atoms with Crippen molar-refractivity contribution in [3.8, 4) is 0 Å². The Hall–Kier alpha value is -1.03. The molecule has 0 bridgehead atoms. The molecule has 0 aliphatic heterocycles. The third-order valence-electron chi connectivity index (χ3n) is 2.22. The van der Waals surface area contributed by atoms with E-state index in [1.165, 1.54) is 0 Å². The van der Waals surface area contributed by atoms with Crippen molar-refractivity contribution in [3.05, 3.63) is 12.4 Å². The second-order valence-corrected chi connectivity index (χ2v) is 4.16. The van der Waals surface area contributed by atoms with Gasteiger partial charge in [-0.15, -0.1) is 0 Å². The van der Waals surface area contributed by atoms with Crippen LogP contribution in [0.1, 0.15) is 26.7 Å². The van der Waals surface area contributed by atoms with Crippen LogP contribution in [-0.4, -0.2) is 21.9 Å². The van der Waals surface area contributed by atoms with E-state index in [0.29, 0.717) is 0 Å². The molecule has 1 aromatic rings. The van der Waals surface area contributed by atoms with Crippen LogP contribution in [0, 0.1) is 0 Å². The van der Waals surface area contributed by atoms with E-state index in [-0.39, 0.29) is 5.54 Å². The first kappa shape index (κ1) is 11.0. The average molecular weight is 196 g/mol. The number of nitrogens with one attached hydrogen (secondary N) is 1. The van der Waals surface area contributed by atoms with Crippen molar-refractivity contribution >= 4 is 5.69 Å². The summed E-state index contributed by atoms with van der Waals surface area (Å²) in [6.07, 6.45) is 5.89. The van der Waals surface area contributed by atoms with Gasteiger partial charge in [0.15, 0.2) is 0 Å². The van der Waals surface area contributed by atoms with Crippen LogP contribution < -0.4 is 11.1 Å². The Kier molecular flexibility index (Phi) is 3.52. The molecule has 4 nitrogen and oxygen atoms in total. The number of hydrogen-bond donors (Lipinski definition) is 2. The lowest BCUT2D eigenvalue weighted by molar-refractivity contribution is 0.450. The fraction of sp³-hybridized carbons (Fsp3) is 0.700. The predicted octanol–water partition coefficient (Wildman–Crippen LogP) is 1.35. The minimum absolute atomic E-state index is 0.134. The van der Waals surface area contributed by atoms with E-state index in [4.69, 9.17) is 5.73 Å². The summed E-state index contributed by atoms with van der Waals surface area (Å²) in [5, 5.41) is 7.36. The molecular weight excluding hydrogens is 176 g/mol. The van der Waals surface area contributed by atoms with Gasteiger partial charge in [-0.3, -0.25) is 4.68 Å². The summed E-state index contributed by atoms with van der Waals surface area (Å²) >= 11 is 0. The topological polar surface area (TPSA) is 55.9 Å². The Labute approximate surface area is 85.5 Å². The van der Waals surface area contributed by atoms with E-state index in [0.717, 1.165) is 25.1 Å². The molecule has 1 rings (SSSR count). The molecule has 1 heterocycles. The highest BCUT2D eigenvalue weighted by molar-refractivity contribution is 5.38. The third-order valence-corrected chi connectivity index (χ3v) is 2.22. The Morgan fingerprint density at radius 1 is 1.64 bits per heavy atom. The molecule has 0 aromatic carbocycles. The van der Waals surface area contributed by atoms with Crippen LogP contribution in [0.25, 0.3) is 0 Å². The third kappa shape index (κ3) is 3.38. The maximum Gasteiger partial charge on any atom is 0.0727 e. The van der Waals surface area contributed by atoms with Gasteiger partial charge in [0.05, 0.1) is 11.9 Å². The number of anilines is 1. The smallest absolute Gasteiger partial charge is 0.0727 e. The largest absolute Gasteiger partial charge is 0.381 e. The molecule has 1 unspecified atom stereocenters. The van der Waals surface area contributed by atoms with Crippen LogP contribution >= 0.6 is 0 Å². The van der Waals surface area contributed by atoms with E-state index >= 15 is 0 Å². The van der Waals surface area contributed by atoms with Gasteiger partial charge in [0.1, 0.15) is 0 Å². The molecule has 0 saturated heterocycles. The van der Waals surface area contributed by atoms with Crippen molar-refractivity contribution in [2.75, 3.05) is 11.9 Å². The lowest BCUT2D eigenvalue weighted by Crippen LogP contribution is -2.42. The summed E-state index contributed by atoms with van der Waals surface area (Å²) in [4.78, 5) is 0. The van der Waals surface area contributed by atoms with Crippen LogP contribution in [0.2, 0.25) is 0 Å². The number of nitrogens with zero attached hydrogens (tertiary/aromatic N) is 2. The maximum absolute atomic E-state index is 6.09. The maximum atomic E-state index is 6.09. The van der Waals surface area contributed by atoms with E-state index in [2.05, 4.69) is 24.3 Å². The van der Waals surface area contributed by atoms with E-state index in [9.17, 15) is 0 Å². The highest BCUT2D eigenvalue weighted by Gasteiger charge is 2.16. The first-order valence-electron chi connectivity index (χ1n) is 5.05. The zero-order valence-corrected chi connectivity index (χ0v) is 9.25. The van der Waals surface area contributed by atoms with Crippen molar-refractivity contribution in [2.45, 2.75) is 32.2 Å². The minimum Gasteiger partial charge on any atom is -0.381 e. The molecule has 1 aromatic heterocycles. The summed E-state index contributed by atoms with van der Waals surface area (Å²) in [5.74, 6) is 0. The fourth-order valence-corrected chi connectivity index (χ4v) is 1.48. The van der Waals surface area contributed by atoms with E-state index < -0.39 is 0 Å². The first-order valence-corrected chi connectivity index (χ1v) is 5.05. The van der Waals surface area contributed by atoms with Gasteiger partial charge in [0.2, 0.25) is 0 Å². The Bertz CT molecular complexity index is 277. The Morgan fingerprint density at radius 3 is 2.86 bits per heavy atom. The zero-order chi connectivity index (χ0) is 10.6. The summed E-state index contributed by atoms with van der Waals surface area (Å²) in [5.41, 5.74) is 6.99. The second kappa shape index (κ2) is 4.46. The van der Waals surface area contributed by atoms with Gasteiger partial charge in [-0.1, -0.05) is 13.3 Å². The van der Waals surface area contributed by atoms with Crippen molar-refractivity contribution in [1.29, 1.82) is 0 Å². The van der Waals surface area contributed by atoms with Crippen LogP contribution in [0.4, 0.5) is 5.69 Å². The molecule has 0 fully saturated rings. The van der Waals surface area contributed by atoms with Crippen LogP contribution in [0.15, 0.2) is 12.4 Å². The SMILES string of the molecule is CCCC(C)(N)CNc1cnn(C)c1. The number of aromatic nitrogens is 2. The molecule has 0 spiro atoms. The quantitative estimate of drug-likeness (QED) is 0.747. The minimum atomic E-state index is -0.134. The second-order valence-electron chi connectivity index (χ2n) is 4.16. The van der Waals surface area contributed by atoms with Crippen LogP contribution in [-0.2, 0) is 7.05 Å². The van der Waals surface area contributed by atoms with Crippen molar-refractivity contribution in [2.24, 2.45) is 12.8 Å². The normalized spacial score (nSPS) is 15.1. The monoisotopic (exact) mass is 196 g/mol. The molecule has 80 valence electrons. The average Bonchev–Trinajstić information content (AvgIpc) is 2.48. The van der Waals surface area contributed by atoms with Crippen molar-refractivity contribution in [3.63, 3.8) is 0 Å². The fourth-order valence-electron chi connectivity index (χ4n) is 1.48. The van der Waals surface area contributed by atoms with E-state index in [1.54, 1.807) is 4.68 Å². The van der Waals surface area contributed by atoms with Gasteiger partial charge in [0, 0.05) is 25.3 Å². The van der Waals surface area contributed by atoms with Crippen molar-refractivity contribution < 1.29 is 0 Å². The molecular formula is C10H20N4. The van der Waals surface area contributed by atoms with Gasteiger partial charge < -0.3 is 11.1 Å². The lowest BCUT2D eigenvalue weighted by Gasteiger charge is -2.24. The summed E-state index contributed by atoms with van der Waals surface area (Å²) in [6.45, 7) is 5.00. The van der Waals surface area contributed by atoms with Crippen LogP contribution in [0.5, 0.6) is 0 Å². The van der Waals surface area contributed by atoms with Gasteiger partial charge >= 0.3 is 0 Å². The summed E-state index contributed by atoms with van der Waals surface area (Å²) < 4.78 is 1.77. The lowest BCUT2D eigenvalue weighted by atomic mass is 9.98. The molecule has 3 N–H and O–H groups in total. The molecule has 0 aliphatic rings. The molecule has 14 heavy (non-hydrogen) atoms. The standard InChI is InChI=1S/C10H20N4/c1-4-5-10(2,11)8-12-9-6-13-14(3)7-9/h6-7,12H,4-5,8,11H2,1-3H3. The molecule has 0 amide bonds. The van der Waals surface area contributed by atoms with Gasteiger partial charge in [-0.05, 0) is 13.3 Å². The summed E-state index contributed by atoms with van der Waals surface area (Å²) in [7, 11) is 1.90. The number of hydrogen-bond acceptors (Lipinski definition) is 3. The number of nitrogens with two attached hydrogens (primary N) is 1. The molecule has 0 saturated carbocycles. The van der Waals surface area contributed by atoms with Crippen molar-refractivity contribution in [1.82, 2.24) is 9.78 Å². The molecule has 0 aliphatic carbocycles. The Balaban J connectivity index is 2.40. The number of rotatable bonds is 5. The summed E-state index contributed by atoms with van der Waals surface area (Å²) in [6, 6.07) is 0. The Morgan fingerprint density at radius 2 is 2.36 bits per heavy atom.